The van der Waals surface area contributed by atoms with E-state index in [-0.39, 0.29) is 4.21 Å². The highest BCUT2D eigenvalue weighted by Crippen LogP contribution is 2.26. The second-order valence-electron chi connectivity index (χ2n) is 5.15. The minimum Gasteiger partial charge on any atom is -0.320 e. The minimum absolute atomic E-state index is 0.218. The molecule has 1 aromatic carbocycles. The fourth-order valence-electron chi connectivity index (χ4n) is 2.24. The third-order valence-electron chi connectivity index (χ3n) is 3.52. The van der Waals surface area contributed by atoms with Crippen LogP contribution in [0.5, 0.6) is 0 Å². The second-order valence-corrected chi connectivity index (χ2v) is 8.01. The van der Waals surface area contributed by atoms with E-state index in [1.165, 1.54) is 6.07 Å². The highest BCUT2D eigenvalue weighted by Gasteiger charge is 2.43. The van der Waals surface area contributed by atoms with E-state index in [0.29, 0.717) is 11.3 Å². The van der Waals surface area contributed by atoms with Gasteiger partial charge in [-0.25, -0.2) is 13.2 Å². The molecule has 0 saturated carbocycles. The van der Waals surface area contributed by atoms with Crippen molar-refractivity contribution in [1.82, 2.24) is 10.6 Å². The van der Waals surface area contributed by atoms with Crippen LogP contribution in [0, 0.1) is 0 Å². The van der Waals surface area contributed by atoms with Gasteiger partial charge in [0.15, 0.2) is 0 Å². The summed E-state index contributed by atoms with van der Waals surface area (Å²) in [6.45, 7) is 1.58. The first-order chi connectivity index (χ1) is 10.8. The number of carbonyl (C=O) groups excluding carboxylic acids is 2. The Morgan fingerprint density at radius 1 is 1.13 bits per heavy atom. The number of amides is 3. The summed E-state index contributed by atoms with van der Waals surface area (Å²) < 4.78 is 27.0. The van der Waals surface area contributed by atoms with Gasteiger partial charge in [-0.15, -0.1) is 11.3 Å². The summed E-state index contributed by atoms with van der Waals surface area (Å²) in [5.74, 6) is -0.450. The summed E-state index contributed by atoms with van der Waals surface area (Å²) in [6, 6.07) is 8.90. The zero-order chi connectivity index (χ0) is 16.7. The largest absolute Gasteiger partial charge is 0.322 e. The van der Waals surface area contributed by atoms with Crippen LogP contribution in [0.15, 0.2) is 46.0 Å². The molecule has 1 aromatic heterocycles. The summed E-state index contributed by atoms with van der Waals surface area (Å²) in [7, 11) is -3.62. The normalized spacial score (nSPS) is 20.9. The minimum atomic E-state index is -3.62. The van der Waals surface area contributed by atoms with Crippen LogP contribution in [-0.2, 0) is 20.4 Å². The van der Waals surface area contributed by atoms with Crippen molar-refractivity contribution in [3.63, 3.8) is 0 Å². The highest BCUT2D eigenvalue weighted by atomic mass is 32.2. The fraction of sp³-hybridized carbons (Fsp3) is 0.143. The van der Waals surface area contributed by atoms with E-state index in [1.807, 2.05) is 0 Å². The molecule has 1 saturated heterocycles. The van der Waals surface area contributed by atoms with Crippen LogP contribution >= 0.6 is 11.3 Å². The molecule has 3 rings (SSSR count). The molecule has 9 heteroatoms. The number of sulfonamides is 1. The second kappa shape index (κ2) is 5.36. The Balaban J connectivity index is 1.83. The predicted molar refractivity (Wildman–Crippen MR) is 85.6 cm³/mol. The Labute approximate surface area is 136 Å². The number of hydrogen-bond donors (Lipinski definition) is 3. The maximum Gasteiger partial charge on any atom is 0.322 e. The Hall–Kier alpha value is -2.39. The van der Waals surface area contributed by atoms with Crippen LogP contribution in [0.25, 0.3) is 0 Å². The van der Waals surface area contributed by atoms with Gasteiger partial charge in [-0.3, -0.25) is 14.8 Å². The number of urea groups is 1. The van der Waals surface area contributed by atoms with E-state index in [2.05, 4.69) is 15.4 Å². The molecule has 0 radical (unpaired) electrons. The summed E-state index contributed by atoms with van der Waals surface area (Å²) >= 11 is 1.12. The molecule has 0 unspecified atom stereocenters. The third-order valence-corrected chi connectivity index (χ3v) is 6.30. The van der Waals surface area contributed by atoms with Crippen molar-refractivity contribution >= 4 is 39.0 Å². The molecule has 2 aromatic rings. The van der Waals surface area contributed by atoms with Crippen LogP contribution in [0.2, 0.25) is 0 Å². The fourth-order valence-corrected chi connectivity index (χ4v) is 4.29. The van der Waals surface area contributed by atoms with E-state index in [0.717, 1.165) is 11.3 Å². The van der Waals surface area contributed by atoms with E-state index in [9.17, 15) is 18.0 Å². The van der Waals surface area contributed by atoms with Crippen LogP contribution in [0.1, 0.15) is 12.5 Å². The van der Waals surface area contributed by atoms with Crippen LogP contribution in [0.4, 0.5) is 10.5 Å². The number of hydrogen-bond acceptors (Lipinski definition) is 5. The highest BCUT2D eigenvalue weighted by molar-refractivity contribution is 7.94. The maximum atomic E-state index is 12.1. The Morgan fingerprint density at radius 3 is 2.35 bits per heavy atom. The van der Waals surface area contributed by atoms with Gasteiger partial charge in [0.1, 0.15) is 9.75 Å². The van der Waals surface area contributed by atoms with Crippen LogP contribution in [-0.4, -0.2) is 20.4 Å². The van der Waals surface area contributed by atoms with Gasteiger partial charge >= 0.3 is 6.03 Å². The Bertz CT molecular complexity index is 860. The van der Waals surface area contributed by atoms with Crippen molar-refractivity contribution < 1.29 is 18.0 Å². The van der Waals surface area contributed by atoms with E-state index in [4.69, 9.17) is 0 Å². The lowest BCUT2D eigenvalue weighted by Gasteiger charge is -2.21. The molecular weight excluding hydrogens is 338 g/mol. The van der Waals surface area contributed by atoms with Gasteiger partial charge in [0.2, 0.25) is 0 Å². The van der Waals surface area contributed by atoms with Crippen molar-refractivity contribution in [3.8, 4) is 0 Å². The summed E-state index contributed by atoms with van der Waals surface area (Å²) in [6.07, 6.45) is 0. The average Bonchev–Trinajstić information content (AvgIpc) is 3.09. The van der Waals surface area contributed by atoms with Gasteiger partial charge in [-0.2, -0.15) is 0 Å². The quantitative estimate of drug-likeness (QED) is 0.728. The predicted octanol–water partition coefficient (Wildman–Crippen LogP) is 1.60. The number of rotatable bonds is 4. The first kappa shape index (κ1) is 15.5. The van der Waals surface area contributed by atoms with E-state index < -0.39 is 27.5 Å². The van der Waals surface area contributed by atoms with Crippen molar-refractivity contribution in [1.29, 1.82) is 0 Å². The topological polar surface area (TPSA) is 104 Å². The van der Waals surface area contributed by atoms with Gasteiger partial charge < -0.3 is 5.32 Å². The molecule has 0 bridgehead atoms. The molecule has 2 heterocycles. The lowest BCUT2D eigenvalue weighted by atomic mass is 9.92. The van der Waals surface area contributed by atoms with Gasteiger partial charge in [-0.05, 0) is 36.1 Å². The van der Waals surface area contributed by atoms with Gasteiger partial charge in [0.05, 0.1) is 0 Å². The summed E-state index contributed by atoms with van der Waals surface area (Å²) in [4.78, 5) is 23.2. The zero-order valence-corrected chi connectivity index (χ0v) is 13.6. The molecule has 1 aliphatic heterocycles. The Kier molecular flexibility index (Phi) is 3.61. The SMILES string of the molecule is C[C@]1(c2ccc(NS(=O)(=O)c3cccs3)cc2)NC(=O)NC1=O. The molecule has 7 nitrogen and oxygen atoms in total. The van der Waals surface area contributed by atoms with Crippen LogP contribution < -0.4 is 15.4 Å². The molecule has 23 heavy (non-hydrogen) atoms. The molecule has 120 valence electrons. The van der Waals surface area contributed by atoms with Crippen molar-refractivity contribution in [3.05, 3.63) is 47.3 Å². The molecule has 0 spiro atoms. The first-order valence-electron chi connectivity index (χ1n) is 6.62. The first-order valence-corrected chi connectivity index (χ1v) is 8.98. The number of nitrogens with one attached hydrogen (secondary N) is 3. The molecule has 1 fully saturated rings. The lowest BCUT2D eigenvalue weighted by molar-refractivity contribution is -0.123. The number of thiophene rings is 1. The van der Waals surface area contributed by atoms with Crippen molar-refractivity contribution in [2.24, 2.45) is 0 Å². The standard InChI is InChI=1S/C14H13N3O4S2/c1-14(12(18)15-13(19)16-14)9-4-6-10(7-5-9)17-23(20,21)11-3-2-8-22-11/h2-8,17H,1H3,(H2,15,16,18,19)/t14-/m1/s1. The van der Waals surface area contributed by atoms with Gasteiger partial charge in [-0.1, -0.05) is 18.2 Å². The third kappa shape index (κ3) is 2.80. The molecule has 1 atom stereocenters. The summed E-state index contributed by atoms with van der Waals surface area (Å²) in [5.41, 5.74) is -0.238. The lowest BCUT2D eigenvalue weighted by Crippen LogP contribution is -2.40. The number of benzene rings is 1. The smallest absolute Gasteiger partial charge is 0.320 e. The van der Waals surface area contributed by atoms with Crippen LogP contribution in [0.3, 0.4) is 0 Å². The molecule has 3 N–H and O–H groups in total. The van der Waals surface area contributed by atoms with Gasteiger partial charge in [0, 0.05) is 5.69 Å². The van der Waals surface area contributed by atoms with Crippen molar-refractivity contribution in [2.45, 2.75) is 16.7 Å². The Morgan fingerprint density at radius 2 is 1.83 bits per heavy atom. The monoisotopic (exact) mass is 351 g/mol. The number of imide groups is 1. The molecular formula is C14H13N3O4S2. The number of anilines is 1. The summed E-state index contributed by atoms with van der Waals surface area (Å²) in [5, 5.41) is 6.41. The molecule has 3 amide bonds. The van der Waals surface area contributed by atoms with E-state index >= 15 is 0 Å². The van der Waals surface area contributed by atoms with E-state index in [1.54, 1.807) is 42.6 Å². The molecule has 1 aliphatic rings. The maximum absolute atomic E-state index is 12.1. The average molecular weight is 351 g/mol. The zero-order valence-electron chi connectivity index (χ0n) is 12.0. The van der Waals surface area contributed by atoms with Crippen molar-refractivity contribution in [2.75, 3.05) is 4.72 Å². The molecule has 0 aliphatic carbocycles. The number of carbonyl (C=O) groups is 2. The van der Waals surface area contributed by atoms with Gasteiger partial charge in [0.25, 0.3) is 15.9 Å².